The van der Waals surface area contributed by atoms with Crippen molar-refractivity contribution in [2.24, 2.45) is 5.73 Å². The molecule has 0 aliphatic carbocycles. The number of carbonyl (C=O) groups excluding carboxylic acids is 1. The maximum atomic E-state index is 10.9. The topological polar surface area (TPSA) is 99.8 Å². The number of hydrogen-bond acceptors (Lipinski definition) is 4. The smallest absolute Gasteiger partial charge is 0.269 e. The average Bonchev–Trinajstić information content (AvgIpc) is 2.62. The Kier molecular flexibility index (Phi) is 2.09. The van der Waals surface area contributed by atoms with Gasteiger partial charge in [-0.2, -0.15) is 9.78 Å². The molecule has 0 radical (unpaired) electrons. The lowest BCUT2D eigenvalue weighted by Gasteiger charge is -2.00. The van der Waals surface area contributed by atoms with E-state index in [1.54, 1.807) is 24.4 Å². The molecule has 0 aliphatic rings. The SMILES string of the molecule is NC(=O)c1cc(N)n(-c2ccccn2)n1. The van der Waals surface area contributed by atoms with Crippen LogP contribution in [-0.4, -0.2) is 20.7 Å². The van der Waals surface area contributed by atoms with Gasteiger partial charge in [-0.05, 0) is 12.1 Å². The maximum absolute atomic E-state index is 10.9. The van der Waals surface area contributed by atoms with Gasteiger partial charge in [-0.3, -0.25) is 4.79 Å². The van der Waals surface area contributed by atoms with E-state index in [0.29, 0.717) is 11.6 Å². The summed E-state index contributed by atoms with van der Waals surface area (Å²) in [5.41, 5.74) is 10.9. The monoisotopic (exact) mass is 203 g/mol. The van der Waals surface area contributed by atoms with Crippen molar-refractivity contribution >= 4 is 11.7 Å². The second-order valence-electron chi connectivity index (χ2n) is 2.92. The van der Waals surface area contributed by atoms with Crippen molar-refractivity contribution in [1.82, 2.24) is 14.8 Å². The molecule has 0 saturated heterocycles. The van der Waals surface area contributed by atoms with E-state index in [-0.39, 0.29) is 5.69 Å². The van der Waals surface area contributed by atoms with Gasteiger partial charge in [0.15, 0.2) is 11.5 Å². The van der Waals surface area contributed by atoms with E-state index in [0.717, 1.165) is 0 Å². The normalized spacial score (nSPS) is 10.1. The first kappa shape index (κ1) is 9.20. The Morgan fingerprint density at radius 2 is 2.20 bits per heavy atom. The number of nitrogens with two attached hydrogens (primary N) is 2. The average molecular weight is 203 g/mol. The molecule has 0 aliphatic heterocycles. The second-order valence-corrected chi connectivity index (χ2v) is 2.92. The van der Waals surface area contributed by atoms with Crippen LogP contribution in [0.2, 0.25) is 0 Å². The summed E-state index contributed by atoms with van der Waals surface area (Å²) in [5.74, 6) is 0.251. The molecule has 2 rings (SSSR count). The molecule has 1 amide bonds. The molecule has 0 spiro atoms. The van der Waals surface area contributed by atoms with Gasteiger partial charge >= 0.3 is 0 Å². The van der Waals surface area contributed by atoms with Gasteiger partial charge in [-0.25, -0.2) is 4.98 Å². The third-order valence-corrected chi connectivity index (χ3v) is 1.86. The number of rotatable bonds is 2. The van der Waals surface area contributed by atoms with Crippen molar-refractivity contribution in [3.8, 4) is 5.82 Å². The summed E-state index contributed by atoms with van der Waals surface area (Å²) in [5, 5.41) is 3.93. The Balaban J connectivity index is 2.50. The molecule has 6 heteroatoms. The summed E-state index contributed by atoms with van der Waals surface area (Å²) in [6.45, 7) is 0. The fourth-order valence-electron chi connectivity index (χ4n) is 1.18. The lowest BCUT2D eigenvalue weighted by atomic mass is 10.4. The number of aromatic nitrogens is 3. The summed E-state index contributed by atoms with van der Waals surface area (Å²) in [6, 6.07) is 6.72. The largest absolute Gasteiger partial charge is 0.384 e. The molecule has 76 valence electrons. The lowest BCUT2D eigenvalue weighted by Crippen LogP contribution is -2.12. The van der Waals surface area contributed by atoms with E-state index in [2.05, 4.69) is 10.1 Å². The van der Waals surface area contributed by atoms with Crippen LogP contribution >= 0.6 is 0 Å². The molecule has 15 heavy (non-hydrogen) atoms. The van der Waals surface area contributed by atoms with E-state index >= 15 is 0 Å². The first-order valence-corrected chi connectivity index (χ1v) is 4.25. The fourth-order valence-corrected chi connectivity index (χ4v) is 1.18. The molecule has 2 heterocycles. The predicted molar refractivity (Wildman–Crippen MR) is 54.3 cm³/mol. The lowest BCUT2D eigenvalue weighted by molar-refractivity contribution is 0.0995. The fraction of sp³-hybridized carbons (Fsp3) is 0. The van der Waals surface area contributed by atoms with Crippen LogP contribution in [-0.2, 0) is 0 Å². The molecule has 0 bridgehead atoms. The molecular formula is C9H9N5O. The van der Waals surface area contributed by atoms with Gasteiger partial charge < -0.3 is 11.5 Å². The molecule has 0 atom stereocenters. The second kappa shape index (κ2) is 3.41. The van der Waals surface area contributed by atoms with Gasteiger partial charge in [0.1, 0.15) is 5.82 Å². The summed E-state index contributed by atoms with van der Waals surface area (Å²) >= 11 is 0. The van der Waals surface area contributed by atoms with E-state index in [4.69, 9.17) is 11.5 Å². The molecule has 4 N–H and O–H groups in total. The molecule has 2 aromatic rings. The van der Waals surface area contributed by atoms with Crippen molar-refractivity contribution in [2.75, 3.05) is 5.73 Å². The van der Waals surface area contributed by atoms with Gasteiger partial charge in [0.05, 0.1) is 0 Å². The minimum Gasteiger partial charge on any atom is -0.384 e. The van der Waals surface area contributed by atoms with Gasteiger partial charge in [0.2, 0.25) is 0 Å². The number of nitrogens with zero attached hydrogens (tertiary/aromatic N) is 3. The van der Waals surface area contributed by atoms with Gasteiger partial charge in [-0.1, -0.05) is 6.07 Å². The molecule has 0 fully saturated rings. The summed E-state index contributed by atoms with van der Waals surface area (Å²) in [6.07, 6.45) is 1.61. The first-order valence-electron chi connectivity index (χ1n) is 4.25. The Morgan fingerprint density at radius 3 is 2.73 bits per heavy atom. The number of hydrogen-bond donors (Lipinski definition) is 2. The molecule has 6 nitrogen and oxygen atoms in total. The Bertz CT molecular complexity index is 490. The first-order chi connectivity index (χ1) is 7.18. The zero-order valence-electron chi connectivity index (χ0n) is 7.79. The summed E-state index contributed by atoms with van der Waals surface area (Å²) in [7, 11) is 0. The van der Waals surface area contributed by atoms with Crippen LogP contribution in [0.25, 0.3) is 5.82 Å². The van der Waals surface area contributed by atoms with E-state index in [1.165, 1.54) is 10.7 Å². The number of primary amides is 1. The number of anilines is 1. The van der Waals surface area contributed by atoms with Crippen LogP contribution in [0, 0.1) is 0 Å². The Labute approximate surface area is 85.5 Å². The minimum atomic E-state index is -0.614. The maximum Gasteiger partial charge on any atom is 0.269 e. The van der Waals surface area contributed by atoms with Crippen LogP contribution in [0.1, 0.15) is 10.5 Å². The van der Waals surface area contributed by atoms with Crippen LogP contribution in [0.15, 0.2) is 30.5 Å². The standard InChI is InChI=1S/C9H9N5O/c10-7-5-6(9(11)15)13-14(7)8-3-1-2-4-12-8/h1-5H,10H2,(H2,11,15). The van der Waals surface area contributed by atoms with E-state index in [9.17, 15) is 4.79 Å². The zero-order valence-corrected chi connectivity index (χ0v) is 7.79. The van der Waals surface area contributed by atoms with Crippen molar-refractivity contribution < 1.29 is 4.79 Å². The highest BCUT2D eigenvalue weighted by Crippen LogP contribution is 2.11. The Hall–Kier alpha value is -2.37. The van der Waals surface area contributed by atoms with Crippen molar-refractivity contribution in [3.63, 3.8) is 0 Å². The van der Waals surface area contributed by atoms with Gasteiger partial charge in [-0.15, -0.1) is 0 Å². The molecule has 0 saturated carbocycles. The van der Waals surface area contributed by atoms with Crippen LogP contribution < -0.4 is 11.5 Å². The number of pyridine rings is 1. The van der Waals surface area contributed by atoms with E-state index in [1.807, 2.05) is 0 Å². The van der Waals surface area contributed by atoms with Crippen LogP contribution in [0.4, 0.5) is 5.82 Å². The summed E-state index contributed by atoms with van der Waals surface area (Å²) < 4.78 is 1.36. The zero-order chi connectivity index (χ0) is 10.8. The number of nitrogen functional groups attached to an aromatic ring is 1. The molecular weight excluding hydrogens is 194 g/mol. The highest BCUT2D eigenvalue weighted by Gasteiger charge is 2.10. The van der Waals surface area contributed by atoms with Gasteiger partial charge in [0.25, 0.3) is 5.91 Å². The van der Waals surface area contributed by atoms with Crippen LogP contribution in [0.5, 0.6) is 0 Å². The van der Waals surface area contributed by atoms with E-state index < -0.39 is 5.91 Å². The minimum absolute atomic E-state index is 0.123. The highest BCUT2D eigenvalue weighted by atomic mass is 16.1. The van der Waals surface area contributed by atoms with Crippen molar-refractivity contribution in [1.29, 1.82) is 0 Å². The predicted octanol–water partition coefficient (Wildman–Crippen LogP) is -0.0516. The Morgan fingerprint density at radius 1 is 1.40 bits per heavy atom. The summed E-state index contributed by atoms with van der Waals surface area (Å²) in [4.78, 5) is 14.9. The quantitative estimate of drug-likeness (QED) is 0.714. The molecule has 0 unspecified atom stereocenters. The highest BCUT2D eigenvalue weighted by molar-refractivity contribution is 5.91. The van der Waals surface area contributed by atoms with Crippen molar-refractivity contribution in [2.45, 2.75) is 0 Å². The number of amides is 1. The van der Waals surface area contributed by atoms with Crippen molar-refractivity contribution in [3.05, 3.63) is 36.2 Å². The third-order valence-electron chi connectivity index (χ3n) is 1.86. The van der Waals surface area contributed by atoms with Crippen LogP contribution in [0.3, 0.4) is 0 Å². The number of carbonyl (C=O) groups is 1. The molecule has 0 aromatic carbocycles. The van der Waals surface area contributed by atoms with Gasteiger partial charge in [0, 0.05) is 12.3 Å². The third kappa shape index (κ3) is 1.64. The molecule has 2 aromatic heterocycles.